The molecule has 198 valence electrons. The molecule has 0 saturated carbocycles. The van der Waals surface area contributed by atoms with Gasteiger partial charge in [0.2, 0.25) is 5.95 Å². The third kappa shape index (κ3) is 4.01. The SMILES string of the molecule is C#Cc1c(F)ccc2cc(O)cc(-c3ncc4c(N5C[C@H]6CC[C@@H](C5)O6)nc(N5CCOCC5)nc4c3F)c12. The molecule has 4 aromatic rings. The number of rotatable bonds is 3. The molecule has 39 heavy (non-hydrogen) atoms. The van der Waals surface area contributed by atoms with Crippen LogP contribution in [0.5, 0.6) is 5.75 Å². The number of nitrogens with zero attached hydrogens (tertiary/aromatic N) is 5. The highest BCUT2D eigenvalue weighted by Crippen LogP contribution is 2.39. The molecule has 0 radical (unpaired) electrons. The maximum absolute atomic E-state index is 16.5. The molecular weight excluding hydrogens is 504 g/mol. The first kappa shape index (κ1) is 24.0. The fraction of sp³-hybridized carbons (Fsp3) is 0.345. The van der Waals surface area contributed by atoms with Crippen molar-refractivity contribution in [3.05, 3.63) is 47.7 Å². The molecule has 0 unspecified atom stereocenters. The molecule has 3 fully saturated rings. The second-order valence-electron chi connectivity index (χ2n) is 10.2. The summed E-state index contributed by atoms with van der Waals surface area (Å²) in [5.74, 6) is 1.97. The van der Waals surface area contributed by atoms with Crippen molar-refractivity contribution in [2.75, 3.05) is 49.2 Å². The number of phenols is 1. The van der Waals surface area contributed by atoms with E-state index < -0.39 is 11.6 Å². The summed E-state index contributed by atoms with van der Waals surface area (Å²) in [5.41, 5.74) is 0.185. The van der Waals surface area contributed by atoms with E-state index in [0.717, 1.165) is 12.8 Å². The quantitative estimate of drug-likeness (QED) is 0.399. The van der Waals surface area contributed by atoms with Gasteiger partial charge in [-0.3, -0.25) is 4.98 Å². The van der Waals surface area contributed by atoms with Gasteiger partial charge in [-0.25, -0.2) is 13.8 Å². The Labute approximate surface area is 223 Å². The largest absolute Gasteiger partial charge is 0.508 e. The van der Waals surface area contributed by atoms with Gasteiger partial charge in [-0.1, -0.05) is 12.0 Å². The average Bonchev–Trinajstić information content (AvgIpc) is 3.30. The molecule has 3 aliphatic rings. The summed E-state index contributed by atoms with van der Waals surface area (Å²) in [5, 5.41) is 11.7. The first-order valence-corrected chi connectivity index (χ1v) is 13.0. The Hall–Kier alpha value is -4.07. The standard InChI is InChI=1S/C29H25F2N5O3/c1-2-20-23(30)6-3-16-11-17(37)12-21(24(16)20)26-25(31)27-22(13-32-26)28(36-14-18-4-5-19(15-36)39-18)34-29(33-27)35-7-9-38-10-8-35/h1,3,6,11-13,18-19,37H,4-5,7-10,14-15H2/t18-,19+. The van der Waals surface area contributed by atoms with Gasteiger partial charge in [0.1, 0.15) is 28.6 Å². The number of aromatic nitrogens is 3. The number of halogens is 2. The predicted molar refractivity (Wildman–Crippen MR) is 143 cm³/mol. The third-order valence-electron chi connectivity index (χ3n) is 7.74. The van der Waals surface area contributed by atoms with Crippen LogP contribution in [0.4, 0.5) is 20.5 Å². The number of benzene rings is 2. The molecule has 0 aliphatic carbocycles. The minimum absolute atomic E-state index is 0.0232. The van der Waals surface area contributed by atoms with E-state index in [4.69, 9.17) is 20.9 Å². The lowest BCUT2D eigenvalue weighted by molar-refractivity contribution is 0.0303. The summed E-state index contributed by atoms with van der Waals surface area (Å²) < 4.78 is 42.7. The minimum atomic E-state index is -0.693. The Kier molecular flexibility index (Phi) is 5.72. The minimum Gasteiger partial charge on any atom is -0.508 e. The van der Waals surface area contributed by atoms with Crippen molar-refractivity contribution in [1.82, 2.24) is 15.0 Å². The van der Waals surface area contributed by atoms with Crippen molar-refractivity contribution in [2.45, 2.75) is 25.0 Å². The number of fused-ring (bicyclic) bond motifs is 4. The molecule has 0 spiro atoms. The van der Waals surface area contributed by atoms with E-state index in [1.165, 1.54) is 24.3 Å². The molecule has 2 aromatic heterocycles. The van der Waals surface area contributed by atoms with Crippen molar-refractivity contribution >= 4 is 33.4 Å². The molecular formula is C29H25F2N5O3. The first-order valence-electron chi connectivity index (χ1n) is 13.0. The van der Waals surface area contributed by atoms with Crippen LogP contribution in [0, 0.1) is 24.0 Å². The second-order valence-corrected chi connectivity index (χ2v) is 10.2. The number of pyridine rings is 1. The van der Waals surface area contributed by atoms with Crippen LogP contribution in [0.25, 0.3) is 32.9 Å². The molecule has 2 bridgehead atoms. The summed E-state index contributed by atoms with van der Waals surface area (Å²) in [6, 6.07) is 5.54. The summed E-state index contributed by atoms with van der Waals surface area (Å²) >= 11 is 0. The maximum atomic E-state index is 16.5. The first-order chi connectivity index (χ1) is 19.0. The lowest BCUT2D eigenvalue weighted by Crippen LogP contribution is -2.43. The molecule has 5 heterocycles. The number of morpholine rings is 2. The Morgan fingerprint density at radius 1 is 1.03 bits per heavy atom. The fourth-order valence-corrected chi connectivity index (χ4v) is 5.90. The number of aromatic hydroxyl groups is 1. The predicted octanol–water partition coefficient (Wildman–Crippen LogP) is 4.01. The molecule has 10 heteroatoms. The van der Waals surface area contributed by atoms with Crippen LogP contribution >= 0.6 is 0 Å². The number of hydrogen-bond donors (Lipinski definition) is 1. The van der Waals surface area contributed by atoms with Crippen LogP contribution in [-0.2, 0) is 9.47 Å². The van der Waals surface area contributed by atoms with Crippen molar-refractivity contribution in [3.8, 4) is 29.4 Å². The highest BCUT2D eigenvalue weighted by atomic mass is 19.1. The van der Waals surface area contributed by atoms with Crippen LogP contribution < -0.4 is 9.80 Å². The van der Waals surface area contributed by atoms with Gasteiger partial charge in [-0.2, -0.15) is 4.98 Å². The van der Waals surface area contributed by atoms with Gasteiger partial charge in [-0.05, 0) is 36.4 Å². The molecule has 0 amide bonds. The van der Waals surface area contributed by atoms with E-state index >= 15 is 4.39 Å². The highest BCUT2D eigenvalue weighted by molar-refractivity contribution is 6.03. The lowest BCUT2D eigenvalue weighted by Gasteiger charge is -2.34. The van der Waals surface area contributed by atoms with Crippen LogP contribution in [0.1, 0.15) is 18.4 Å². The smallest absolute Gasteiger partial charge is 0.228 e. The Balaban J connectivity index is 1.46. The molecule has 7 rings (SSSR count). The van der Waals surface area contributed by atoms with Crippen molar-refractivity contribution < 1.29 is 23.4 Å². The molecule has 2 atom stereocenters. The molecule has 1 N–H and O–H groups in total. The van der Waals surface area contributed by atoms with Gasteiger partial charge in [0, 0.05) is 43.3 Å². The molecule has 3 saturated heterocycles. The third-order valence-corrected chi connectivity index (χ3v) is 7.74. The summed E-state index contributed by atoms with van der Waals surface area (Å²) in [6.45, 7) is 3.52. The summed E-state index contributed by atoms with van der Waals surface area (Å²) in [4.78, 5) is 18.2. The zero-order chi connectivity index (χ0) is 26.7. The van der Waals surface area contributed by atoms with Gasteiger partial charge < -0.3 is 24.4 Å². The van der Waals surface area contributed by atoms with E-state index in [0.29, 0.717) is 67.3 Å². The molecule has 8 nitrogen and oxygen atoms in total. The molecule has 3 aliphatic heterocycles. The normalized spacial score (nSPS) is 21.1. The number of hydrogen-bond acceptors (Lipinski definition) is 8. The van der Waals surface area contributed by atoms with E-state index in [1.54, 1.807) is 6.20 Å². The number of phenolic OH excluding ortho intramolecular Hbond substituents is 1. The van der Waals surface area contributed by atoms with Crippen molar-refractivity contribution in [3.63, 3.8) is 0 Å². The maximum Gasteiger partial charge on any atom is 0.228 e. The Morgan fingerprint density at radius 3 is 2.54 bits per heavy atom. The van der Waals surface area contributed by atoms with Crippen molar-refractivity contribution in [1.29, 1.82) is 0 Å². The van der Waals surface area contributed by atoms with Gasteiger partial charge in [0.25, 0.3) is 0 Å². The Morgan fingerprint density at radius 2 is 1.79 bits per heavy atom. The summed E-state index contributed by atoms with van der Waals surface area (Å²) in [7, 11) is 0. The topological polar surface area (TPSA) is 83.8 Å². The van der Waals surface area contributed by atoms with Gasteiger partial charge in [-0.15, -0.1) is 6.42 Å². The monoisotopic (exact) mass is 529 g/mol. The van der Waals surface area contributed by atoms with Crippen LogP contribution in [0.2, 0.25) is 0 Å². The van der Waals surface area contributed by atoms with Gasteiger partial charge in [0.15, 0.2) is 5.82 Å². The Bertz CT molecular complexity index is 1660. The molecule has 2 aromatic carbocycles. The van der Waals surface area contributed by atoms with E-state index in [2.05, 4.69) is 20.8 Å². The van der Waals surface area contributed by atoms with E-state index in [1.807, 2.05) is 4.90 Å². The highest BCUT2D eigenvalue weighted by Gasteiger charge is 2.36. The van der Waals surface area contributed by atoms with Crippen molar-refractivity contribution in [2.24, 2.45) is 0 Å². The van der Waals surface area contributed by atoms with Gasteiger partial charge >= 0.3 is 0 Å². The second kappa shape index (κ2) is 9.29. The zero-order valence-corrected chi connectivity index (χ0v) is 21.0. The van der Waals surface area contributed by atoms with Crippen LogP contribution in [0.3, 0.4) is 0 Å². The fourth-order valence-electron chi connectivity index (χ4n) is 5.90. The zero-order valence-electron chi connectivity index (χ0n) is 21.0. The van der Waals surface area contributed by atoms with E-state index in [-0.39, 0.29) is 40.3 Å². The average molecular weight is 530 g/mol. The lowest BCUT2D eigenvalue weighted by atomic mass is 9.96. The number of anilines is 2. The van der Waals surface area contributed by atoms with Crippen LogP contribution in [0.15, 0.2) is 30.5 Å². The number of terminal acetylenes is 1. The van der Waals surface area contributed by atoms with Crippen LogP contribution in [-0.4, -0.2) is 71.7 Å². The van der Waals surface area contributed by atoms with E-state index in [9.17, 15) is 9.50 Å². The summed E-state index contributed by atoms with van der Waals surface area (Å²) in [6.07, 6.45) is 9.37. The van der Waals surface area contributed by atoms with Gasteiger partial charge in [0.05, 0.1) is 36.4 Å². The number of ether oxygens (including phenoxy) is 2.